The summed E-state index contributed by atoms with van der Waals surface area (Å²) in [5.74, 6) is -1.79. The van der Waals surface area contributed by atoms with E-state index in [1.807, 2.05) is 0 Å². The van der Waals surface area contributed by atoms with Crippen LogP contribution in [-0.2, 0) is 26.6 Å². The number of nitrogens with zero attached hydrogens (tertiary/aromatic N) is 4. The molecule has 0 radical (unpaired) electrons. The fraction of sp³-hybridized carbons (Fsp3) is 0.526. The van der Waals surface area contributed by atoms with Gasteiger partial charge in [-0.3, -0.25) is 14.4 Å². The molecule has 0 saturated carbocycles. The Morgan fingerprint density at radius 1 is 1.30 bits per heavy atom. The number of carbonyl (C=O) groups is 3. The highest BCUT2D eigenvalue weighted by Crippen LogP contribution is 2.35. The Balaban J connectivity index is 2.20. The molecule has 2 atom stereocenters. The summed E-state index contributed by atoms with van der Waals surface area (Å²) < 4.78 is 27.1. The summed E-state index contributed by atoms with van der Waals surface area (Å²) in [6.45, 7) is 0.269. The van der Waals surface area contributed by atoms with Crippen LogP contribution in [0.4, 0.5) is 8.78 Å². The van der Waals surface area contributed by atoms with Crippen LogP contribution in [0, 0.1) is 0 Å². The van der Waals surface area contributed by atoms with Crippen LogP contribution in [0.15, 0.2) is 24.3 Å². The molecule has 166 valence electrons. The molecule has 1 aromatic carbocycles. The van der Waals surface area contributed by atoms with E-state index in [0.717, 1.165) is 0 Å². The Morgan fingerprint density at radius 3 is 2.57 bits per heavy atom. The minimum atomic E-state index is -3.08. The number of carbonyl (C=O) groups excluding carboxylic acids is 2. The van der Waals surface area contributed by atoms with Gasteiger partial charge in [0.15, 0.2) is 0 Å². The molecule has 1 aromatic rings. The predicted octanol–water partition coefficient (Wildman–Crippen LogP) is 1.38. The summed E-state index contributed by atoms with van der Waals surface area (Å²) in [5.41, 5.74) is -2.77. The maximum absolute atomic E-state index is 13.6. The summed E-state index contributed by atoms with van der Waals surface area (Å²) in [7, 11) is 6.48. The second kappa shape index (κ2) is 9.76. The number of halogens is 2. The number of alkyl halides is 2. The van der Waals surface area contributed by atoms with Crippen LogP contribution in [0.1, 0.15) is 24.0 Å². The molecule has 1 fully saturated rings. The summed E-state index contributed by atoms with van der Waals surface area (Å²) in [4.78, 5) is 39.4. The average molecular weight is 444 g/mol. The molecule has 30 heavy (non-hydrogen) atoms. The highest BCUT2D eigenvalue weighted by atomic mass is 31.0. The van der Waals surface area contributed by atoms with Gasteiger partial charge in [-0.2, -0.15) is 8.78 Å². The summed E-state index contributed by atoms with van der Waals surface area (Å²) in [6.07, 6.45) is -0.312. The van der Waals surface area contributed by atoms with Gasteiger partial charge in [0.05, 0.1) is 13.2 Å². The molecule has 1 aliphatic heterocycles. The first-order valence-electron chi connectivity index (χ1n) is 9.34. The van der Waals surface area contributed by atoms with Crippen molar-refractivity contribution in [3.8, 4) is 0 Å². The molecule has 1 heterocycles. The van der Waals surface area contributed by atoms with Crippen LogP contribution in [0.2, 0.25) is 0 Å². The standard InChI is InChI=1S/C19H27F2N4O4P/c1-22(10-13-5-4-6-14(9-13)19(20,21)30)18(29)15(7-8-17(27)28)25-12-24(3)23(2)11-16(25)26/h4-6,9,15H,7-8,10-12,30H2,1-3H3,(H,27,28). The first-order chi connectivity index (χ1) is 13.9. The fourth-order valence-corrected chi connectivity index (χ4v) is 3.42. The molecule has 2 amide bonds. The molecule has 8 nitrogen and oxygen atoms in total. The lowest BCUT2D eigenvalue weighted by molar-refractivity contribution is -0.165. The largest absolute Gasteiger partial charge is 0.481 e. The van der Waals surface area contributed by atoms with E-state index in [-0.39, 0.29) is 44.1 Å². The molecule has 2 unspecified atom stereocenters. The number of aliphatic carboxylic acids is 1. The molecule has 0 aliphatic carbocycles. The van der Waals surface area contributed by atoms with Crippen molar-refractivity contribution in [1.29, 1.82) is 0 Å². The Morgan fingerprint density at radius 2 is 1.97 bits per heavy atom. The monoisotopic (exact) mass is 444 g/mol. The van der Waals surface area contributed by atoms with Crippen molar-refractivity contribution in [2.45, 2.75) is 31.1 Å². The molecule has 2 rings (SSSR count). The van der Waals surface area contributed by atoms with Gasteiger partial charge >= 0.3 is 5.97 Å². The molecular formula is C19H27F2N4O4P. The zero-order valence-electron chi connectivity index (χ0n) is 17.2. The van der Waals surface area contributed by atoms with E-state index in [1.165, 1.54) is 44.3 Å². The molecule has 1 saturated heterocycles. The number of amides is 2. The lowest BCUT2D eigenvalue weighted by Gasteiger charge is -2.43. The van der Waals surface area contributed by atoms with Gasteiger partial charge in [0.25, 0.3) is 5.66 Å². The normalized spacial score (nSPS) is 17.1. The number of hydrogen-bond acceptors (Lipinski definition) is 5. The molecule has 1 aliphatic rings. The van der Waals surface area contributed by atoms with Crippen LogP contribution in [-0.4, -0.2) is 83.1 Å². The number of hydrogen-bond donors (Lipinski definition) is 1. The average Bonchev–Trinajstić information content (AvgIpc) is 2.64. The number of hydrazine groups is 1. The second-order valence-electron chi connectivity index (χ2n) is 7.44. The first kappa shape index (κ1) is 24.1. The molecule has 0 bridgehead atoms. The predicted molar refractivity (Wildman–Crippen MR) is 109 cm³/mol. The summed E-state index contributed by atoms with van der Waals surface area (Å²) in [5, 5.41) is 12.5. The zero-order valence-corrected chi connectivity index (χ0v) is 18.4. The van der Waals surface area contributed by atoms with Crippen LogP contribution in [0.5, 0.6) is 0 Å². The lowest BCUT2D eigenvalue weighted by atomic mass is 10.1. The first-order valence-corrected chi connectivity index (χ1v) is 9.92. The lowest BCUT2D eigenvalue weighted by Crippen LogP contribution is -2.61. The van der Waals surface area contributed by atoms with Crippen LogP contribution >= 0.6 is 9.24 Å². The van der Waals surface area contributed by atoms with Crippen molar-refractivity contribution in [3.63, 3.8) is 0 Å². The number of carboxylic acids is 1. The number of rotatable bonds is 8. The highest BCUT2D eigenvalue weighted by Gasteiger charge is 2.36. The minimum absolute atomic E-state index is 0.0362. The molecular weight excluding hydrogens is 417 g/mol. The van der Waals surface area contributed by atoms with Crippen molar-refractivity contribution in [1.82, 2.24) is 19.8 Å². The maximum Gasteiger partial charge on any atom is 0.303 e. The van der Waals surface area contributed by atoms with E-state index in [0.29, 0.717) is 5.56 Å². The van der Waals surface area contributed by atoms with E-state index >= 15 is 0 Å². The second-order valence-corrected chi connectivity index (χ2v) is 8.17. The molecule has 11 heteroatoms. The SMILES string of the molecule is CN(Cc1cccc(C(F)(F)P)c1)C(=O)C(CCC(=O)O)N1CN(C)N(C)CC1=O. The topological polar surface area (TPSA) is 84.4 Å². The third-order valence-electron chi connectivity index (χ3n) is 5.03. The van der Waals surface area contributed by atoms with Gasteiger partial charge in [0.1, 0.15) is 6.04 Å². The van der Waals surface area contributed by atoms with Gasteiger partial charge in [-0.1, -0.05) is 27.4 Å². The number of likely N-dealkylation sites (N-methyl/N-ethyl adjacent to an activating group) is 2. The van der Waals surface area contributed by atoms with Gasteiger partial charge in [0.2, 0.25) is 11.8 Å². The fourth-order valence-electron chi connectivity index (χ4n) is 3.24. The maximum atomic E-state index is 13.6. The number of benzene rings is 1. The van der Waals surface area contributed by atoms with E-state index in [1.54, 1.807) is 30.2 Å². The smallest absolute Gasteiger partial charge is 0.303 e. The van der Waals surface area contributed by atoms with Crippen molar-refractivity contribution >= 4 is 27.0 Å². The van der Waals surface area contributed by atoms with E-state index in [9.17, 15) is 23.2 Å². The summed E-state index contributed by atoms with van der Waals surface area (Å²) >= 11 is 0. The van der Waals surface area contributed by atoms with E-state index in [2.05, 4.69) is 0 Å². The van der Waals surface area contributed by atoms with E-state index < -0.39 is 23.6 Å². The zero-order chi connectivity index (χ0) is 22.6. The quantitative estimate of drug-likeness (QED) is 0.610. The molecule has 0 spiro atoms. The van der Waals surface area contributed by atoms with Gasteiger partial charge < -0.3 is 14.9 Å². The Kier molecular flexibility index (Phi) is 7.85. The molecule has 0 aromatic heterocycles. The molecule has 1 N–H and O–H groups in total. The van der Waals surface area contributed by atoms with Crippen molar-refractivity contribution in [3.05, 3.63) is 35.4 Å². The van der Waals surface area contributed by atoms with Gasteiger partial charge in [-0.15, -0.1) is 0 Å². The van der Waals surface area contributed by atoms with Gasteiger partial charge in [-0.05, 0) is 18.1 Å². The van der Waals surface area contributed by atoms with Crippen LogP contribution < -0.4 is 0 Å². The summed E-state index contributed by atoms with van der Waals surface area (Å²) in [6, 6.07) is 4.78. The Bertz CT molecular complexity index is 805. The van der Waals surface area contributed by atoms with Gasteiger partial charge in [0, 0.05) is 39.7 Å². The minimum Gasteiger partial charge on any atom is -0.481 e. The third kappa shape index (κ3) is 6.17. The van der Waals surface area contributed by atoms with Crippen molar-refractivity contribution in [2.75, 3.05) is 34.4 Å². The van der Waals surface area contributed by atoms with Crippen molar-refractivity contribution in [2.24, 2.45) is 0 Å². The third-order valence-corrected chi connectivity index (χ3v) is 5.36. The van der Waals surface area contributed by atoms with Gasteiger partial charge in [-0.25, -0.2) is 10.0 Å². The van der Waals surface area contributed by atoms with Crippen molar-refractivity contribution < 1.29 is 28.3 Å². The van der Waals surface area contributed by atoms with E-state index in [4.69, 9.17) is 5.11 Å². The highest BCUT2D eigenvalue weighted by molar-refractivity contribution is 7.17. The Labute approximate surface area is 176 Å². The van der Waals surface area contributed by atoms with Crippen LogP contribution in [0.3, 0.4) is 0 Å². The number of carboxylic acid groups (broad SMARTS) is 1. The van der Waals surface area contributed by atoms with Crippen LogP contribution in [0.25, 0.3) is 0 Å². The Hall–Kier alpha value is -2.16.